The van der Waals surface area contributed by atoms with Gasteiger partial charge in [-0.1, -0.05) is 6.07 Å². The van der Waals surface area contributed by atoms with E-state index in [0.29, 0.717) is 18.8 Å². The highest BCUT2D eigenvalue weighted by Gasteiger charge is 2.24. The van der Waals surface area contributed by atoms with Crippen molar-refractivity contribution in [1.29, 1.82) is 0 Å². The third kappa shape index (κ3) is 4.35. The fraction of sp³-hybridized carbons (Fsp3) is 0.571. The largest absolute Gasteiger partial charge is 0.481 e. The van der Waals surface area contributed by atoms with Gasteiger partial charge < -0.3 is 10.0 Å². The summed E-state index contributed by atoms with van der Waals surface area (Å²) < 4.78 is 0. The Bertz CT molecular complexity index is 430. The zero-order valence-corrected chi connectivity index (χ0v) is 11.7. The van der Waals surface area contributed by atoms with Gasteiger partial charge in [-0.25, -0.2) is 0 Å². The number of amides is 1. The smallest absolute Gasteiger partial charge is 0.303 e. The molecule has 1 aliphatic rings. The summed E-state index contributed by atoms with van der Waals surface area (Å²) in [6.07, 6.45) is 3.38. The normalized spacial score (nSPS) is 19.4. The summed E-state index contributed by atoms with van der Waals surface area (Å²) in [5.74, 6) is -0.235. The quantitative estimate of drug-likeness (QED) is 0.901. The number of piperidine rings is 1. The molecule has 4 nitrogen and oxygen atoms in total. The van der Waals surface area contributed by atoms with E-state index in [1.165, 1.54) is 0 Å². The Labute approximate surface area is 117 Å². The summed E-state index contributed by atoms with van der Waals surface area (Å²) >= 11 is 1.61. The van der Waals surface area contributed by atoms with E-state index in [-0.39, 0.29) is 12.3 Å². The third-order valence-electron chi connectivity index (χ3n) is 3.54. The molecule has 1 aromatic heterocycles. The minimum absolute atomic E-state index is 0.169. The van der Waals surface area contributed by atoms with Gasteiger partial charge in [0, 0.05) is 24.4 Å². The average molecular weight is 281 g/mol. The van der Waals surface area contributed by atoms with Gasteiger partial charge >= 0.3 is 5.97 Å². The molecule has 0 saturated carbocycles. The second kappa shape index (κ2) is 6.70. The number of nitrogens with zero attached hydrogens (tertiary/aromatic N) is 1. The third-order valence-corrected chi connectivity index (χ3v) is 4.42. The number of likely N-dealkylation sites (tertiary alicyclic amines) is 1. The number of hydrogen-bond acceptors (Lipinski definition) is 3. The fourth-order valence-corrected chi connectivity index (χ4v) is 3.22. The molecule has 0 aliphatic carbocycles. The van der Waals surface area contributed by atoms with Crippen LogP contribution in [0.4, 0.5) is 0 Å². The number of thiophene rings is 1. The van der Waals surface area contributed by atoms with Crippen molar-refractivity contribution in [2.24, 2.45) is 5.92 Å². The monoisotopic (exact) mass is 281 g/mol. The summed E-state index contributed by atoms with van der Waals surface area (Å²) in [4.78, 5) is 25.7. The maximum atomic E-state index is 12.2. The Morgan fingerprint density at radius 3 is 3.00 bits per heavy atom. The zero-order valence-electron chi connectivity index (χ0n) is 10.9. The van der Waals surface area contributed by atoms with Crippen LogP contribution in [0.1, 0.15) is 30.6 Å². The Kier molecular flexibility index (Phi) is 4.96. The molecule has 0 bridgehead atoms. The number of rotatable bonds is 5. The first-order chi connectivity index (χ1) is 9.15. The van der Waals surface area contributed by atoms with E-state index in [1.807, 2.05) is 22.4 Å². The van der Waals surface area contributed by atoms with Crippen molar-refractivity contribution in [3.8, 4) is 0 Å². The molecular formula is C14H19NO3S. The second-order valence-electron chi connectivity index (χ2n) is 5.04. The highest BCUT2D eigenvalue weighted by molar-refractivity contribution is 7.10. The molecule has 1 saturated heterocycles. The summed E-state index contributed by atoms with van der Waals surface area (Å²) in [5.41, 5.74) is 0. The van der Waals surface area contributed by atoms with Crippen LogP contribution in [-0.4, -0.2) is 35.0 Å². The molecule has 104 valence electrons. The van der Waals surface area contributed by atoms with Crippen molar-refractivity contribution < 1.29 is 14.7 Å². The maximum Gasteiger partial charge on any atom is 0.303 e. The topological polar surface area (TPSA) is 57.6 Å². The number of carbonyl (C=O) groups excluding carboxylic acids is 1. The Balaban J connectivity index is 1.82. The lowest BCUT2D eigenvalue weighted by Crippen LogP contribution is -2.40. The van der Waals surface area contributed by atoms with E-state index in [4.69, 9.17) is 5.11 Å². The first-order valence-corrected chi connectivity index (χ1v) is 7.55. The summed E-state index contributed by atoms with van der Waals surface area (Å²) in [5, 5.41) is 10.7. The van der Waals surface area contributed by atoms with Gasteiger partial charge in [0.1, 0.15) is 0 Å². The van der Waals surface area contributed by atoms with Crippen LogP contribution in [0.2, 0.25) is 0 Å². The molecule has 1 aromatic rings. The van der Waals surface area contributed by atoms with Crippen LogP contribution < -0.4 is 0 Å². The van der Waals surface area contributed by atoms with Gasteiger partial charge in [0.25, 0.3) is 0 Å². The maximum absolute atomic E-state index is 12.2. The van der Waals surface area contributed by atoms with E-state index in [2.05, 4.69) is 0 Å². The standard InChI is InChI=1S/C14H19NO3S/c16-13(9-12-4-2-8-19-12)15-7-1-3-11(10-15)5-6-14(17)18/h2,4,8,11H,1,3,5-7,9-10H2,(H,17,18)/t11-/m1/s1. The molecule has 2 rings (SSSR count). The van der Waals surface area contributed by atoms with Crippen LogP contribution in [0.15, 0.2) is 17.5 Å². The summed E-state index contributed by atoms with van der Waals surface area (Å²) in [6, 6.07) is 3.94. The van der Waals surface area contributed by atoms with Crippen LogP contribution in [-0.2, 0) is 16.0 Å². The number of hydrogen-bond donors (Lipinski definition) is 1. The molecule has 0 radical (unpaired) electrons. The van der Waals surface area contributed by atoms with E-state index in [0.717, 1.165) is 30.8 Å². The van der Waals surface area contributed by atoms with Crippen LogP contribution in [0.3, 0.4) is 0 Å². The molecular weight excluding hydrogens is 262 g/mol. The lowest BCUT2D eigenvalue weighted by atomic mass is 9.93. The lowest BCUT2D eigenvalue weighted by Gasteiger charge is -2.32. The Morgan fingerprint density at radius 2 is 2.32 bits per heavy atom. The van der Waals surface area contributed by atoms with E-state index in [9.17, 15) is 9.59 Å². The molecule has 19 heavy (non-hydrogen) atoms. The van der Waals surface area contributed by atoms with E-state index in [1.54, 1.807) is 11.3 Å². The van der Waals surface area contributed by atoms with Crippen LogP contribution in [0.25, 0.3) is 0 Å². The van der Waals surface area contributed by atoms with Gasteiger partial charge in [-0.15, -0.1) is 11.3 Å². The van der Waals surface area contributed by atoms with Gasteiger partial charge in [0.05, 0.1) is 6.42 Å². The van der Waals surface area contributed by atoms with Gasteiger partial charge in [0.2, 0.25) is 5.91 Å². The lowest BCUT2D eigenvalue weighted by molar-refractivity contribution is -0.137. The number of carboxylic acid groups (broad SMARTS) is 1. The van der Waals surface area contributed by atoms with E-state index >= 15 is 0 Å². The number of carbonyl (C=O) groups is 2. The van der Waals surface area contributed by atoms with Crippen LogP contribution in [0, 0.1) is 5.92 Å². The molecule has 1 amide bonds. The minimum atomic E-state index is -0.748. The highest BCUT2D eigenvalue weighted by atomic mass is 32.1. The first kappa shape index (κ1) is 14.1. The predicted octanol–water partition coefficient (Wildman–Crippen LogP) is 2.39. The van der Waals surface area contributed by atoms with Crippen molar-refractivity contribution in [2.45, 2.75) is 32.1 Å². The fourth-order valence-electron chi connectivity index (χ4n) is 2.53. The SMILES string of the molecule is O=C(O)CC[C@H]1CCCN(C(=O)Cc2cccs2)C1. The minimum Gasteiger partial charge on any atom is -0.481 e. The number of carboxylic acids is 1. The van der Waals surface area contributed by atoms with Crippen LogP contribution >= 0.6 is 11.3 Å². The van der Waals surface area contributed by atoms with Crippen molar-refractivity contribution in [2.75, 3.05) is 13.1 Å². The molecule has 1 aliphatic heterocycles. The van der Waals surface area contributed by atoms with Gasteiger partial charge in [0.15, 0.2) is 0 Å². The molecule has 1 atom stereocenters. The predicted molar refractivity (Wildman–Crippen MR) is 74.2 cm³/mol. The molecule has 0 aromatic carbocycles. The summed E-state index contributed by atoms with van der Waals surface area (Å²) in [7, 11) is 0. The Morgan fingerprint density at radius 1 is 1.47 bits per heavy atom. The summed E-state index contributed by atoms with van der Waals surface area (Å²) in [6.45, 7) is 1.53. The van der Waals surface area contributed by atoms with Gasteiger partial charge in [-0.2, -0.15) is 0 Å². The second-order valence-corrected chi connectivity index (χ2v) is 6.07. The zero-order chi connectivity index (χ0) is 13.7. The first-order valence-electron chi connectivity index (χ1n) is 6.67. The average Bonchev–Trinajstić information content (AvgIpc) is 2.89. The molecule has 1 N–H and O–H groups in total. The van der Waals surface area contributed by atoms with Crippen molar-refractivity contribution in [3.63, 3.8) is 0 Å². The molecule has 1 fully saturated rings. The van der Waals surface area contributed by atoms with Crippen molar-refractivity contribution in [1.82, 2.24) is 4.90 Å². The molecule has 0 unspecified atom stereocenters. The van der Waals surface area contributed by atoms with Crippen LogP contribution in [0.5, 0.6) is 0 Å². The van der Waals surface area contributed by atoms with Crippen molar-refractivity contribution >= 4 is 23.2 Å². The molecule has 2 heterocycles. The Hall–Kier alpha value is -1.36. The van der Waals surface area contributed by atoms with Gasteiger partial charge in [-0.3, -0.25) is 9.59 Å². The van der Waals surface area contributed by atoms with Crippen molar-refractivity contribution in [3.05, 3.63) is 22.4 Å². The van der Waals surface area contributed by atoms with Gasteiger partial charge in [-0.05, 0) is 36.6 Å². The highest BCUT2D eigenvalue weighted by Crippen LogP contribution is 2.22. The molecule has 5 heteroatoms. The van der Waals surface area contributed by atoms with E-state index < -0.39 is 5.97 Å². The molecule has 0 spiro atoms. The number of aliphatic carboxylic acids is 1.